The number of aliphatic hydroxyl groups excluding tert-OH is 2. The standard InChI is InChI=1S/C6H17NO3S/c1-11(2,10)7(3-5-8)4-6-9/h8-9,11H,3-6H2,1-2H3. The summed E-state index contributed by atoms with van der Waals surface area (Å²) in [5.41, 5.74) is 0. The molecular weight excluding hydrogens is 166 g/mol. The highest BCUT2D eigenvalue weighted by Crippen LogP contribution is 2.01. The van der Waals surface area contributed by atoms with Crippen LogP contribution in [-0.2, 0) is 10.1 Å². The van der Waals surface area contributed by atoms with Crippen molar-refractivity contribution >= 4 is 10.1 Å². The van der Waals surface area contributed by atoms with E-state index in [0.717, 1.165) is 0 Å². The molecule has 0 radical (unpaired) electrons. The summed E-state index contributed by atoms with van der Waals surface area (Å²) in [6.45, 7) is 0.688. The first-order valence-corrected chi connectivity index (χ1v) is 6.10. The van der Waals surface area contributed by atoms with Crippen molar-refractivity contribution in [3.63, 3.8) is 0 Å². The molecule has 0 fully saturated rings. The van der Waals surface area contributed by atoms with Crippen molar-refractivity contribution in [2.45, 2.75) is 0 Å². The lowest BCUT2D eigenvalue weighted by atomic mass is 10.6. The van der Waals surface area contributed by atoms with Crippen LogP contribution in [-0.4, -0.2) is 57.5 Å². The number of aliphatic hydroxyl groups is 2. The zero-order valence-corrected chi connectivity index (χ0v) is 7.92. The van der Waals surface area contributed by atoms with E-state index >= 15 is 0 Å². The molecule has 0 saturated heterocycles. The molecule has 70 valence electrons. The molecule has 0 aliphatic carbocycles. The fraction of sp³-hybridized carbons (Fsp3) is 1.00. The molecule has 0 heterocycles. The summed E-state index contributed by atoms with van der Waals surface area (Å²) < 4.78 is 13.0. The van der Waals surface area contributed by atoms with Crippen molar-refractivity contribution in [3.8, 4) is 0 Å². The van der Waals surface area contributed by atoms with Crippen LogP contribution >= 0.6 is 0 Å². The van der Waals surface area contributed by atoms with Gasteiger partial charge >= 0.3 is 0 Å². The zero-order valence-electron chi connectivity index (χ0n) is 7.03. The van der Waals surface area contributed by atoms with Crippen molar-refractivity contribution in [2.24, 2.45) is 0 Å². The highest BCUT2D eigenvalue weighted by molar-refractivity contribution is 7.99. The molecule has 5 heteroatoms. The van der Waals surface area contributed by atoms with Crippen LogP contribution < -0.4 is 0 Å². The molecule has 2 N–H and O–H groups in total. The summed E-state index contributed by atoms with van der Waals surface area (Å²) in [6.07, 6.45) is 3.25. The first-order valence-electron chi connectivity index (χ1n) is 3.54. The van der Waals surface area contributed by atoms with E-state index in [4.69, 9.17) is 10.2 Å². The second-order valence-electron chi connectivity index (χ2n) is 2.69. The third-order valence-corrected chi connectivity index (χ3v) is 3.16. The third-order valence-electron chi connectivity index (χ3n) is 1.40. The Bertz CT molecular complexity index is 139. The van der Waals surface area contributed by atoms with E-state index < -0.39 is 10.1 Å². The minimum Gasteiger partial charge on any atom is -0.395 e. The minimum absolute atomic E-state index is 0.0222. The molecule has 0 bridgehead atoms. The topological polar surface area (TPSA) is 60.8 Å². The van der Waals surface area contributed by atoms with Crippen LogP contribution in [0.3, 0.4) is 0 Å². The van der Waals surface area contributed by atoms with E-state index in [9.17, 15) is 4.21 Å². The Kier molecular flexibility index (Phi) is 4.83. The number of hydrogen-bond acceptors (Lipinski definition) is 3. The molecule has 0 aromatic rings. The summed E-state index contributed by atoms with van der Waals surface area (Å²) in [4.78, 5) is 0. The summed E-state index contributed by atoms with van der Waals surface area (Å²) in [7, 11) is -2.30. The summed E-state index contributed by atoms with van der Waals surface area (Å²) in [6, 6.07) is 0. The van der Waals surface area contributed by atoms with Gasteiger partial charge in [-0.15, -0.1) is 0 Å². The van der Waals surface area contributed by atoms with E-state index in [-0.39, 0.29) is 13.2 Å². The van der Waals surface area contributed by atoms with E-state index in [0.29, 0.717) is 13.1 Å². The highest BCUT2D eigenvalue weighted by Gasteiger charge is 2.11. The van der Waals surface area contributed by atoms with Gasteiger partial charge in [0.2, 0.25) is 0 Å². The molecule has 0 atom stereocenters. The molecule has 0 aliphatic heterocycles. The van der Waals surface area contributed by atoms with Crippen molar-refractivity contribution < 1.29 is 14.4 Å². The molecule has 0 amide bonds. The van der Waals surface area contributed by atoms with Gasteiger partial charge in [-0.1, -0.05) is 10.1 Å². The average Bonchev–Trinajstić information content (AvgIpc) is 1.85. The Hall–Kier alpha value is 0.0300. The van der Waals surface area contributed by atoms with Crippen molar-refractivity contribution in [3.05, 3.63) is 0 Å². The lowest BCUT2D eigenvalue weighted by molar-refractivity contribution is 0.221. The number of rotatable bonds is 5. The van der Waals surface area contributed by atoms with Gasteiger partial charge in [-0.2, -0.15) is 0 Å². The van der Waals surface area contributed by atoms with Crippen LogP contribution in [0.2, 0.25) is 0 Å². The van der Waals surface area contributed by atoms with Gasteiger partial charge in [-0.25, -0.2) is 4.31 Å². The van der Waals surface area contributed by atoms with Gasteiger partial charge in [0.05, 0.1) is 13.2 Å². The summed E-state index contributed by atoms with van der Waals surface area (Å²) in [5.74, 6) is 0. The van der Waals surface area contributed by atoms with Gasteiger partial charge in [0.15, 0.2) is 0 Å². The third kappa shape index (κ3) is 4.47. The number of nitrogens with zero attached hydrogens (tertiary/aromatic N) is 1. The average molecular weight is 183 g/mol. The molecule has 0 rings (SSSR count). The van der Waals surface area contributed by atoms with Crippen LogP contribution in [0.5, 0.6) is 0 Å². The fourth-order valence-corrected chi connectivity index (χ4v) is 1.97. The molecule has 0 spiro atoms. The molecule has 0 aromatic carbocycles. The normalized spacial score (nSPS) is 13.9. The SMILES string of the molecule is C[SH](C)(=O)N(CCO)CCO. The van der Waals surface area contributed by atoms with Crippen LogP contribution in [0, 0.1) is 0 Å². The molecular formula is C6H17NO3S. The summed E-state index contributed by atoms with van der Waals surface area (Å²) >= 11 is 0. The lowest BCUT2D eigenvalue weighted by Crippen LogP contribution is -2.39. The van der Waals surface area contributed by atoms with Gasteiger partial charge < -0.3 is 10.2 Å². The van der Waals surface area contributed by atoms with Gasteiger partial charge in [0.1, 0.15) is 0 Å². The maximum atomic E-state index is 11.4. The lowest BCUT2D eigenvalue weighted by Gasteiger charge is -2.28. The van der Waals surface area contributed by atoms with Crippen molar-refractivity contribution in [1.82, 2.24) is 4.31 Å². The monoisotopic (exact) mass is 183 g/mol. The first-order chi connectivity index (χ1) is 5.02. The second kappa shape index (κ2) is 4.82. The maximum absolute atomic E-state index is 11.4. The molecule has 11 heavy (non-hydrogen) atoms. The van der Waals surface area contributed by atoms with Gasteiger partial charge in [0.25, 0.3) is 0 Å². The smallest absolute Gasteiger partial charge is 0.0568 e. The highest BCUT2D eigenvalue weighted by atomic mass is 32.3. The van der Waals surface area contributed by atoms with Gasteiger partial charge in [0, 0.05) is 25.6 Å². The number of hydrogen-bond donors (Lipinski definition) is 3. The molecule has 0 unspecified atom stereocenters. The van der Waals surface area contributed by atoms with E-state index in [1.165, 1.54) is 0 Å². The number of thiol groups is 1. The first kappa shape index (κ1) is 11.0. The van der Waals surface area contributed by atoms with Crippen molar-refractivity contribution in [2.75, 3.05) is 38.8 Å². The molecule has 4 nitrogen and oxygen atoms in total. The van der Waals surface area contributed by atoms with Crippen LogP contribution in [0.25, 0.3) is 0 Å². The fourth-order valence-electron chi connectivity index (χ4n) is 0.824. The quantitative estimate of drug-likeness (QED) is 0.453. The zero-order chi connectivity index (χ0) is 8.91. The van der Waals surface area contributed by atoms with E-state index in [1.807, 2.05) is 0 Å². The van der Waals surface area contributed by atoms with Crippen molar-refractivity contribution in [1.29, 1.82) is 0 Å². The van der Waals surface area contributed by atoms with Crippen LogP contribution in [0.4, 0.5) is 0 Å². The predicted molar refractivity (Wildman–Crippen MR) is 47.1 cm³/mol. The van der Waals surface area contributed by atoms with Gasteiger partial charge in [-0.05, 0) is 0 Å². The second-order valence-corrected chi connectivity index (χ2v) is 5.85. The minimum atomic E-state index is -2.30. The largest absolute Gasteiger partial charge is 0.395 e. The van der Waals surface area contributed by atoms with E-state index in [2.05, 4.69) is 0 Å². The molecule has 0 aliphatic rings. The summed E-state index contributed by atoms with van der Waals surface area (Å²) in [5, 5.41) is 17.2. The van der Waals surface area contributed by atoms with Crippen LogP contribution in [0.15, 0.2) is 0 Å². The van der Waals surface area contributed by atoms with E-state index in [1.54, 1.807) is 16.8 Å². The Balaban J connectivity index is 3.99. The van der Waals surface area contributed by atoms with Gasteiger partial charge in [-0.3, -0.25) is 4.21 Å². The molecule has 0 aromatic heterocycles. The Morgan fingerprint density at radius 1 is 1.18 bits per heavy atom. The Morgan fingerprint density at radius 3 is 1.73 bits per heavy atom. The Morgan fingerprint density at radius 2 is 1.55 bits per heavy atom. The maximum Gasteiger partial charge on any atom is 0.0568 e. The molecule has 0 saturated carbocycles. The van der Waals surface area contributed by atoms with Crippen LogP contribution in [0.1, 0.15) is 0 Å². The predicted octanol–water partition coefficient (Wildman–Crippen LogP) is -1.54. The Labute approximate surface area is 68.4 Å².